The van der Waals surface area contributed by atoms with Crippen LogP contribution in [-0.4, -0.2) is 15.0 Å². The molecule has 0 spiro atoms. The van der Waals surface area contributed by atoms with E-state index in [-0.39, 0.29) is 0 Å². The lowest BCUT2D eigenvalue weighted by Crippen LogP contribution is -2.00. The Balaban J connectivity index is 1.16. The summed E-state index contributed by atoms with van der Waals surface area (Å²) in [5.41, 5.74) is 6.73. The fourth-order valence-electron chi connectivity index (χ4n) is 7.15. The van der Waals surface area contributed by atoms with Crippen molar-refractivity contribution in [3.05, 3.63) is 164 Å². The minimum atomic E-state index is 0.624. The third-order valence-corrected chi connectivity index (χ3v) is 9.50. The quantitative estimate of drug-likeness (QED) is 0.183. The van der Waals surface area contributed by atoms with E-state index in [4.69, 9.17) is 19.4 Å². The van der Waals surface area contributed by atoms with E-state index in [0.29, 0.717) is 17.5 Å². The molecule has 0 bridgehead atoms. The minimum absolute atomic E-state index is 0.624. The van der Waals surface area contributed by atoms with E-state index >= 15 is 0 Å². The predicted octanol–water partition coefficient (Wildman–Crippen LogP) is 11.9. The number of rotatable bonds is 4. The second-order valence-electron chi connectivity index (χ2n) is 12.4. The van der Waals surface area contributed by atoms with Crippen LogP contribution in [0.5, 0.6) is 0 Å². The molecule has 49 heavy (non-hydrogen) atoms. The summed E-state index contributed by atoms with van der Waals surface area (Å²) >= 11 is 0. The molecule has 0 aliphatic carbocycles. The average Bonchev–Trinajstić information content (AvgIpc) is 3.57. The number of hydrogen-bond acceptors (Lipinski definition) is 4. The maximum atomic E-state index is 6.20. The Morgan fingerprint density at radius 3 is 1.73 bits per heavy atom. The molecule has 0 aliphatic rings. The summed E-state index contributed by atoms with van der Waals surface area (Å²) in [6, 6.07) is 56.9. The van der Waals surface area contributed by atoms with Gasteiger partial charge in [0, 0.05) is 27.5 Å². The van der Waals surface area contributed by atoms with E-state index in [1.807, 2.05) is 54.6 Å². The normalized spacial score (nSPS) is 11.7. The van der Waals surface area contributed by atoms with Crippen LogP contribution in [-0.2, 0) is 0 Å². The number of aromatic nitrogens is 3. The van der Waals surface area contributed by atoms with Crippen molar-refractivity contribution in [3.8, 4) is 45.3 Å². The maximum Gasteiger partial charge on any atom is 0.164 e. The van der Waals surface area contributed by atoms with E-state index in [2.05, 4.69) is 109 Å². The zero-order valence-electron chi connectivity index (χ0n) is 26.3. The monoisotopic (exact) mass is 625 g/mol. The van der Waals surface area contributed by atoms with Crippen molar-refractivity contribution in [3.63, 3.8) is 0 Å². The molecular weight excluding hydrogens is 599 g/mol. The van der Waals surface area contributed by atoms with Gasteiger partial charge in [0.2, 0.25) is 0 Å². The third kappa shape index (κ3) is 4.57. The van der Waals surface area contributed by atoms with Gasteiger partial charge in [-0.25, -0.2) is 15.0 Å². The molecule has 0 radical (unpaired) electrons. The Bertz CT molecular complexity index is 2890. The smallest absolute Gasteiger partial charge is 0.164 e. The zero-order chi connectivity index (χ0) is 32.3. The van der Waals surface area contributed by atoms with E-state index in [9.17, 15) is 0 Å². The highest BCUT2D eigenvalue weighted by Gasteiger charge is 2.16. The number of para-hydroxylation sites is 1. The zero-order valence-corrected chi connectivity index (χ0v) is 26.3. The summed E-state index contributed by atoms with van der Waals surface area (Å²) in [5.74, 6) is 1.90. The number of nitrogens with zero attached hydrogens (tertiary/aromatic N) is 3. The van der Waals surface area contributed by atoms with Crippen LogP contribution in [0.4, 0.5) is 0 Å². The Hall–Kier alpha value is -6.65. The molecule has 4 nitrogen and oxygen atoms in total. The molecule has 2 aromatic heterocycles. The van der Waals surface area contributed by atoms with Crippen LogP contribution >= 0.6 is 0 Å². The van der Waals surface area contributed by atoms with Crippen LogP contribution in [0.3, 0.4) is 0 Å². The molecular formula is C45H27N3O. The Morgan fingerprint density at radius 1 is 0.327 bits per heavy atom. The van der Waals surface area contributed by atoms with Crippen molar-refractivity contribution in [1.82, 2.24) is 15.0 Å². The van der Waals surface area contributed by atoms with E-state index in [0.717, 1.165) is 49.8 Å². The summed E-state index contributed by atoms with van der Waals surface area (Å²) in [4.78, 5) is 15.2. The first-order valence-corrected chi connectivity index (χ1v) is 16.4. The highest BCUT2D eigenvalue weighted by molar-refractivity contribution is 6.17. The number of furan rings is 1. The van der Waals surface area contributed by atoms with Crippen LogP contribution in [0.1, 0.15) is 0 Å². The third-order valence-electron chi connectivity index (χ3n) is 9.50. The molecule has 4 heteroatoms. The molecule has 0 N–H and O–H groups in total. The van der Waals surface area contributed by atoms with Crippen molar-refractivity contribution in [2.24, 2.45) is 0 Å². The molecule has 10 rings (SSSR count). The van der Waals surface area contributed by atoms with Gasteiger partial charge in [-0.1, -0.05) is 140 Å². The van der Waals surface area contributed by atoms with Gasteiger partial charge in [0.25, 0.3) is 0 Å². The van der Waals surface area contributed by atoms with Gasteiger partial charge in [-0.3, -0.25) is 0 Å². The fraction of sp³-hybridized carbons (Fsp3) is 0. The molecule has 0 amide bonds. The number of fused-ring (bicyclic) bond motifs is 8. The fourth-order valence-corrected chi connectivity index (χ4v) is 7.15. The highest BCUT2D eigenvalue weighted by Crippen LogP contribution is 2.38. The minimum Gasteiger partial charge on any atom is -0.456 e. The molecule has 0 unspecified atom stereocenters. The van der Waals surface area contributed by atoms with Crippen LogP contribution in [0.15, 0.2) is 168 Å². The van der Waals surface area contributed by atoms with Crippen molar-refractivity contribution < 1.29 is 4.42 Å². The van der Waals surface area contributed by atoms with E-state index < -0.39 is 0 Å². The standard InChI is InChI=1S/C45H27N3O/c1-2-11-30(12-3-1)43-46-44(32-14-8-13-31(26-32)35-17-9-19-41-42(35)38-16-6-7-18-40(38)49-41)48-45(47-43)33-21-20-29-23-24-36-34-15-5-4-10-28(34)22-25-37(36)39(29)27-33/h1-27H. The van der Waals surface area contributed by atoms with E-state index in [1.165, 1.54) is 32.3 Å². The van der Waals surface area contributed by atoms with Gasteiger partial charge >= 0.3 is 0 Å². The summed E-state index contributed by atoms with van der Waals surface area (Å²) < 4.78 is 6.20. The number of benzene rings is 8. The maximum absolute atomic E-state index is 6.20. The Labute approximate surface area is 282 Å². The molecule has 0 saturated carbocycles. The molecule has 10 aromatic rings. The van der Waals surface area contributed by atoms with Crippen molar-refractivity contribution in [2.75, 3.05) is 0 Å². The Morgan fingerprint density at radius 2 is 0.898 bits per heavy atom. The molecule has 0 saturated heterocycles. The van der Waals surface area contributed by atoms with Crippen LogP contribution in [0, 0.1) is 0 Å². The van der Waals surface area contributed by atoms with Crippen LogP contribution in [0.25, 0.3) is 99.5 Å². The van der Waals surface area contributed by atoms with Crippen LogP contribution < -0.4 is 0 Å². The average molecular weight is 626 g/mol. The van der Waals surface area contributed by atoms with Gasteiger partial charge in [-0.2, -0.15) is 0 Å². The summed E-state index contributed by atoms with van der Waals surface area (Å²) in [6.45, 7) is 0. The molecule has 2 heterocycles. The van der Waals surface area contributed by atoms with E-state index in [1.54, 1.807) is 0 Å². The lowest BCUT2D eigenvalue weighted by atomic mass is 9.96. The van der Waals surface area contributed by atoms with Gasteiger partial charge in [0.1, 0.15) is 11.2 Å². The summed E-state index contributed by atoms with van der Waals surface area (Å²) in [5, 5.41) is 9.49. The first-order chi connectivity index (χ1) is 24.3. The largest absolute Gasteiger partial charge is 0.456 e. The molecule has 0 fully saturated rings. The lowest BCUT2D eigenvalue weighted by Gasteiger charge is -2.12. The van der Waals surface area contributed by atoms with Gasteiger partial charge in [0.05, 0.1) is 0 Å². The second kappa shape index (κ2) is 11.0. The van der Waals surface area contributed by atoms with Crippen LogP contribution in [0.2, 0.25) is 0 Å². The first-order valence-electron chi connectivity index (χ1n) is 16.4. The predicted molar refractivity (Wildman–Crippen MR) is 201 cm³/mol. The molecule has 228 valence electrons. The van der Waals surface area contributed by atoms with Gasteiger partial charge in [-0.15, -0.1) is 0 Å². The van der Waals surface area contributed by atoms with Gasteiger partial charge < -0.3 is 4.42 Å². The second-order valence-corrected chi connectivity index (χ2v) is 12.4. The van der Waals surface area contributed by atoms with Crippen molar-refractivity contribution >= 4 is 54.3 Å². The first kappa shape index (κ1) is 27.5. The number of hydrogen-bond donors (Lipinski definition) is 0. The summed E-state index contributed by atoms with van der Waals surface area (Å²) in [7, 11) is 0. The molecule has 0 aliphatic heterocycles. The van der Waals surface area contributed by atoms with Gasteiger partial charge in [-0.05, 0) is 67.7 Å². The summed E-state index contributed by atoms with van der Waals surface area (Å²) in [6.07, 6.45) is 0. The van der Waals surface area contributed by atoms with Crippen molar-refractivity contribution in [2.45, 2.75) is 0 Å². The topological polar surface area (TPSA) is 51.8 Å². The SMILES string of the molecule is c1ccc(-c2nc(-c3cccc(-c4cccc5oc6ccccc6c45)c3)nc(-c3ccc4ccc5c6ccccc6ccc5c4c3)n2)cc1. The molecule has 0 atom stereocenters. The molecule has 8 aromatic carbocycles. The van der Waals surface area contributed by atoms with Crippen molar-refractivity contribution in [1.29, 1.82) is 0 Å². The Kier molecular flexibility index (Phi) is 6.15. The lowest BCUT2D eigenvalue weighted by molar-refractivity contribution is 0.669. The highest BCUT2D eigenvalue weighted by atomic mass is 16.3. The van der Waals surface area contributed by atoms with Gasteiger partial charge in [0.15, 0.2) is 17.5 Å².